The molecule has 0 spiro atoms. The SMILES string of the molecule is CCC1(C(=O)OC)CCCN1Cc1cccc(OCc2nc(-c3ccc(C(F)(F)F)cc3)oc2C)c1. The number of hydrogen-bond donors (Lipinski definition) is 0. The van der Waals surface area contributed by atoms with Gasteiger partial charge in [0.15, 0.2) is 0 Å². The van der Waals surface area contributed by atoms with E-state index in [0.717, 1.165) is 37.1 Å². The number of alkyl halides is 3. The van der Waals surface area contributed by atoms with Crippen molar-refractivity contribution in [2.45, 2.75) is 58.0 Å². The van der Waals surface area contributed by atoms with Gasteiger partial charge in [0.1, 0.15) is 29.3 Å². The highest BCUT2D eigenvalue weighted by atomic mass is 19.4. The van der Waals surface area contributed by atoms with Gasteiger partial charge < -0.3 is 13.9 Å². The number of likely N-dealkylation sites (tertiary alicyclic amines) is 1. The van der Waals surface area contributed by atoms with Crippen molar-refractivity contribution in [2.24, 2.45) is 0 Å². The second kappa shape index (κ2) is 10.3. The Labute approximate surface area is 208 Å². The highest BCUT2D eigenvalue weighted by Gasteiger charge is 2.46. The summed E-state index contributed by atoms with van der Waals surface area (Å²) in [5.74, 6) is 1.22. The normalized spacial score (nSPS) is 18.4. The largest absolute Gasteiger partial charge is 0.487 e. The molecule has 0 saturated carbocycles. The third-order valence-corrected chi connectivity index (χ3v) is 6.77. The Bertz CT molecular complexity index is 1210. The molecule has 1 aliphatic rings. The first kappa shape index (κ1) is 25.8. The first-order valence-corrected chi connectivity index (χ1v) is 11.9. The van der Waals surface area contributed by atoms with E-state index < -0.39 is 17.3 Å². The fraction of sp³-hybridized carbons (Fsp3) is 0.407. The fourth-order valence-electron chi connectivity index (χ4n) is 4.72. The number of methoxy groups -OCH3 is 1. The van der Waals surface area contributed by atoms with Crippen molar-refractivity contribution >= 4 is 5.97 Å². The van der Waals surface area contributed by atoms with Crippen LogP contribution in [-0.4, -0.2) is 35.0 Å². The number of ether oxygens (including phenoxy) is 2. The summed E-state index contributed by atoms with van der Waals surface area (Å²) in [5, 5.41) is 0. The third-order valence-electron chi connectivity index (χ3n) is 6.77. The van der Waals surface area contributed by atoms with E-state index in [4.69, 9.17) is 13.9 Å². The average molecular weight is 503 g/mol. The predicted molar refractivity (Wildman–Crippen MR) is 127 cm³/mol. The summed E-state index contributed by atoms with van der Waals surface area (Å²) in [6.45, 7) is 5.30. The molecule has 0 N–H and O–H groups in total. The van der Waals surface area contributed by atoms with Crippen molar-refractivity contribution in [3.05, 3.63) is 71.1 Å². The summed E-state index contributed by atoms with van der Waals surface area (Å²) in [6, 6.07) is 12.4. The third kappa shape index (κ3) is 5.26. The highest BCUT2D eigenvalue weighted by Crippen LogP contribution is 2.35. The number of rotatable bonds is 8. The molecule has 1 aromatic heterocycles. The van der Waals surface area contributed by atoms with Crippen molar-refractivity contribution in [3.63, 3.8) is 0 Å². The van der Waals surface area contributed by atoms with E-state index in [1.807, 2.05) is 31.2 Å². The maximum atomic E-state index is 12.8. The van der Waals surface area contributed by atoms with Gasteiger partial charge in [-0.05, 0) is 74.7 Å². The molecule has 2 aromatic carbocycles. The molecule has 3 aromatic rings. The molecule has 0 amide bonds. The molecule has 1 unspecified atom stereocenters. The first-order valence-electron chi connectivity index (χ1n) is 11.9. The molecule has 36 heavy (non-hydrogen) atoms. The number of carbonyl (C=O) groups is 1. The Morgan fingerprint density at radius 2 is 1.94 bits per heavy atom. The quantitative estimate of drug-likeness (QED) is 0.344. The number of esters is 1. The lowest BCUT2D eigenvalue weighted by Crippen LogP contribution is -2.50. The molecular formula is C27H29F3N2O4. The van der Waals surface area contributed by atoms with Gasteiger partial charge in [-0.3, -0.25) is 9.69 Å². The van der Waals surface area contributed by atoms with Crippen LogP contribution >= 0.6 is 0 Å². The Balaban J connectivity index is 1.43. The second-order valence-corrected chi connectivity index (χ2v) is 8.93. The van der Waals surface area contributed by atoms with E-state index in [1.54, 1.807) is 6.92 Å². The van der Waals surface area contributed by atoms with Gasteiger partial charge in [0, 0.05) is 12.1 Å². The van der Waals surface area contributed by atoms with Crippen molar-refractivity contribution in [1.29, 1.82) is 0 Å². The van der Waals surface area contributed by atoms with Crippen LogP contribution < -0.4 is 4.74 Å². The summed E-state index contributed by atoms with van der Waals surface area (Å²) in [4.78, 5) is 19.1. The number of carbonyl (C=O) groups excluding carboxylic acids is 1. The summed E-state index contributed by atoms with van der Waals surface area (Å²) < 4.78 is 55.2. The number of hydrogen-bond acceptors (Lipinski definition) is 6. The van der Waals surface area contributed by atoms with Crippen molar-refractivity contribution in [1.82, 2.24) is 9.88 Å². The molecule has 192 valence electrons. The Hall–Kier alpha value is -3.33. The van der Waals surface area contributed by atoms with E-state index in [9.17, 15) is 18.0 Å². The summed E-state index contributed by atoms with van der Waals surface area (Å²) in [7, 11) is 1.43. The molecular weight excluding hydrogens is 473 g/mol. The summed E-state index contributed by atoms with van der Waals surface area (Å²) in [5.41, 5.74) is 0.701. The zero-order chi connectivity index (χ0) is 25.9. The van der Waals surface area contributed by atoms with Crippen LogP contribution in [0.2, 0.25) is 0 Å². The maximum Gasteiger partial charge on any atom is 0.416 e. The van der Waals surface area contributed by atoms with Crippen LogP contribution in [0.3, 0.4) is 0 Å². The van der Waals surface area contributed by atoms with Crippen molar-refractivity contribution < 1.29 is 31.9 Å². The van der Waals surface area contributed by atoms with Gasteiger partial charge in [-0.25, -0.2) is 4.98 Å². The smallest absolute Gasteiger partial charge is 0.416 e. The maximum absolute atomic E-state index is 12.8. The van der Waals surface area contributed by atoms with E-state index >= 15 is 0 Å². The number of oxazole rings is 1. The lowest BCUT2D eigenvalue weighted by Gasteiger charge is -2.35. The lowest BCUT2D eigenvalue weighted by molar-refractivity contribution is -0.154. The van der Waals surface area contributed by atoms with Gasteiger partial charge in [0.25, 0.3) is 0 Å². The standard InChI is InChI=1S/C27H29F3N2O4/c1-4-26(25(33)34-3)13-6-14-32(26)16-19-7-5-8-22(15-19)35-17-23-18(2)36-24(31-23)20-9-11-21(12-10-20)27(28,29)30/h5,7-12,15H,4,6,13-14,16-17H2,1-3H3. The molecule has 4 rings (SSSR count). The Morgan fingerprint density at radius 1 is 1.19 bits per heavy atom. The number of aromatic nitrogens is 1. The van der Waals surface area contributed by atoms with Gasteiger partial charge >= 0.3 is 12.1 Å². The van der Waals surface area contributed by atoms with Gasteiger partial charge in [0.05, 0.1) is 12.7 Å². The van der Waals surface area contributed by atoms with Crippen molar-refractivity contribution in [2.75, 3.05) is 13.7 Å². The molecule has 6 nitrogen and oxygen atoms in total. The highest BCUT2D eigenvalue weighted by molar-refractivity contribution is 5.81. The zero-order valence-corrected chi connectivity index (χ0v) is 20.5. The second-order valence-electron chi connectivity index (χ2n) is 8.93. The number of aryl methyl sites for hydroxylation is 1. The van der Waals surface area contributed by atoms with E-state index in [2.05, 4.69) is 9.88 Å². The van der Waals surface area contributed by atoms with Gasteiger partial charge in [-0.1, -0.05) is 19.1 Å². The molecule has 1 atom stereocenters. The average Bonchev–Trinajstić information content (AvgIpc) is 3.45. The number of halogens is 3. The van der Waals surface area contributed by atoms with Gasteiger partial charge in [-0.2, -0.15) is 13.2 Å². The summed E-state index contributed by atoms with van der Waals surface area (Å²) in [6.07, 6.45) is -2.00. The van der Waals surface area contributed by atoms with Crippen LogP contribution in [0.4, 0.5) is 13.2 Å². The molecule has 1 fully saturated rings. The van der Waals surface area contributed by atoms with Crippen LogP contribution in [0, 0.1) is 6.92 Å². The van der Waals surface area contributed by atoms with Gasteiger partial charge in [0.2, 0.25) is 5.89 Å². The van der Waals surface area contributed by atoms with Crippen LogP contribution in [-0.2, 0) is 28.9 Å². The first-order chi connectivity index (χ1) is 17.2. The van der Waals surface area contributed by atoms with Crippen LogP contribution in [0.15, 0.2) is 52.9 Å². The zero-order valence-electron chi connectivity index (χ0n) is 20.5. The lowest BCUT2D eigenvalue weighted by atomic mass is 9.92. The molecule has 0 radical (unpaired) electrons. The predicted octanol–water partition coefficient (Wildman–Crippen LogP) is 6.17. The topological polar surface area (TPSA) is 64.8 Å². The summed E-state index contributed by atoms with van der Waals surface area (Å²) >= 11 is 0. The molecule has 0 aliphatic carbocycles. The Morgan fingerprint density at radius 3 is 2.61 bits per heavy atom. The van der Waals surface area contributed by atoms with Crippen LogP contribution in [0.5, 0.6) is 5.75 Å². The molecule has 0 bridgehead atoms. The van der Waals surface area contributed by atoms with Gasteiger partial charge in [-0.15, -0.1) is 0 Å². The molecule has 9 heteroatoms. The minimum absolute atomic E-state index is 0.143. The van der Waals surface area contributed by atoms with Crippen LogP contribution in [0.25, 0.3) is 11.5 Å². The Kier molecular flexibility index (Phi) is 7.40. The van der Waals surface area contributed by atoms with Crippen LogP contribution in [0.1, 0.15) is 48.8 Å². The fourth-order valence-corrected chi connectivity index (χ4v) is 4.72. The minimum Gasteiger partial charge on any atom is -0.487 e. The van der Waals surface area contributed by atoms with E-state index in [0.29, 0.717) is 35.7 Å². The molecule has 1 saturated heterocycles. The number of benzene rings is 2. The van der Waals surface area contributed by atoms with E-state index in [-0.39, 0.29) is 18.5 Å². The minimum atomic E-state index is -4.40. The van der Waals surface area contributed by atoms with Crippen molar-refractivity contribution in [3.8, 4) is 17.2 Å². The molecule has 2 heterocycles. The number of nitrogens with zero attached hydrogens (tertiary/aromatic N) is 2. The molecule has 1 aliphatic heterocycles. The van der Waals surface area contributed by atoms with E-state index in [1.165, 1.54) is 19.2 Å². The monoisotopic (exact) mass is 502 g/mol.